The van der Waals surface area contributed by atoms with Gasteiger partial charge in [0.1, 0.15) is 11.4 Å². The predicted molar refractivity (Wildman–Crippen MR) is 97.3 cm³/mol. The monoisotopic (exact) mass is 328 g/mol. The molecule has 0 bridgehead atoms. The second kappa shape index (κ2) is 7.80. The average Bonchev–Trinajstić information content (AvgIpc) is 2.95. The molecule has 0 radical (unpaired) electrons. The van der Waals surface area contributed by atoms with Crippen molar-refractivity contribution in [2.45, 2.75) is 45.6 Å². The number of carbonyl (C=O) groups excluding carboxylic acids is 1. The first kappa shape index (κ1) is 18.5. The van der Waals surface area contributed by atoms with E-state index in [1.54, 1.807) is 6.08 Å². The highest BCUT2D eigenvalue weighted by Crippen LogP contribution is 2.47. The lowest BCUT2D eigenvalue weighted by Crippen LogP contribution is -2.44. The summed E-state index contributed by atoms with van der Waals surface area (Å²) in [5.74, 6) is 0.939. The number of hydrogen-bond donors (Lipinski definition) is 0. The number of allylic oxidation sites excluding steroid dienone is 7. The summed E-state index contributed by atoms with van der Waals surface area (Å²) in [6.07, 6.45) is 11.9. The number of rotatable bonds is 7. The number of ether oxygens (including phenoxy) is 2. The van der Waals surface area contributed by atoms with E-state index >= 15 is 0 Å². The number of hydrogen-bond acceptors (Lipinski definition) is 3. The average molecular weight is 328 g/mol. The molecule has 1 heterocycles. The zero-order chi connectivity index (χ0) is 17.7. The van der Waals surface area contributed by atoms with Gasteiger partial charge in [-0.2, -0.15) is 0 Å². The standard InChI is InChI=1S/C21H28O3/c1-6-8-18-13-21(20(12-19(18)22)23-14-24-21)16(5)11-17(7-2)10-9-15(3)4/h6-7,9-10,12,16,18H,1,3,8,11,13-14H2,2,4-5H3/b10-9-,17-7+/t16?,18-,21+/m0/s1. The molecule has 0 aromatic heterocycles. The molecule has 3 nitrogen and oxygen atoms in total. The fourth-order valence-electron chi connectivity index (χ4n) is 3.47. The van der Waals surface area contributed by atoms with Crippen molar-refractivity contribution < 1.29 is 14.3 Å². The Kier molecular flexibility index (Phi) is 6.00. The number of carbonyl (C=O) groups is 1. The summed E-state index contributed by atoms with van der Waals surface area (Å²) in [7, 11) is 0. The smallest absolute Gasteiger partial charge is 0.189 e. The van der Waals surface area contributed by atoms with Gasteiger partial charge in [-0.3, -0.25) is 4.79 Å². The second-order valence-electron chi connectivity index (χ2n) is 6.78. The van der Waals surface area contributed by atoms with Crippen LogP contribution in [0.4, 0.5) is 0 Å². The fraction of sp³-hybridized carbons (Fsp3) is 0.476. The minimum Gasteiger partial charge on any atom is -0.469 e. The number of fused-ring (bicyclic) bond motifs is 1. The predicted octanol–water partition coefficient (Wildman–Crippen LogP) is 4.88. The Balaban J connectivity index is 2.23. The normalized spacial score (nSPS) is 28.3. The Morgan fingerprint density at radius 2 is 2.25 bits per heavy atom. The molecular weight excluding hydrogens is 300 g/mol. The Labute approximate surface area is 145 Å². The zero-order valence-corrected chi connectivity index (χ0v) is 15.0. The van der Waals surface area contributed by atoms with E-state index in [2.05, 4.69) is 32.2 Å². The van der Waals surface area contributed by atoms with Crippen LogP contribution in [-0.2, 0) is 14.3 Å². The van der Waals surface area contributed by atoms with E-state index in [1.165, 1.54) is 5.57 Å². The molecule has 0 aromatic carbocycles. The fourth-order valence-corrected chi connectivity index (χ4v) is 3.47. The molecular formula is C21H28O3. The summed E-state index contributed by atoms with van der Waals surface area (Å²) in [4.78, 5) is 12.3. The van der Waals surface area contributed by atoms with Gasteiger partial charge >= 0.3 is 0 Å². The quantitative estimate of drug-likeness (QED) is 0.493. The van der Waals surface area contributed by atoms with E-state index in [1.807, 2.05) is 26.0 Å². The summed E-state index contributed by atoms with van der Waals surface area (Å²) in [5.41, 5.74) is 1.75. The van der Waals surface area contributed by atoms with E-state index in [0.29, 0.717) is 18.6 Å². The van der Waals surface area contributed by atoms with Gasteiger partial charge in [0.15, 0.2) is 12.6 Å². The molecule has 1 fully saturated rings. The van der Waals surface area contributed by atoms with E-state index in [4.69, 9.17) is 9.47 Å². The van der Waals surface area contributed by atoms with Gasteiger partial charge in [-0.25, -0.2) is 0 Å². The van der Waals surface area contributed by atoms with Crippen LogP contribution >= 0.6 is 0 Å². The summed E-state index contributed by atoms with van der Waals surface area (Å²) in [5, 5.41) is 0. The lowest BCUT2D eigenvalue weighted by Gasteiger charge is -2.38. The Morgan fingerprint density at radius 3 is 2.88 bits per heavy atom. The first-order chi connectivity index (χ1) is 11.4. The highest BCUT2D eigenvalue weighted by Gasteiger charge is 2.51. The molecule has 2 aliphatic rings. The van der Waals surface area contributed by atoms with Crippen LogP contribution in [0.1, 0.15) is 40.0 Å². The molecule has 1 aliphatic heterocycles. The second-order valence-corrected chi connectivity index (χ2v) is 6.78. The minimum atomic E-state index is -0.507. The Hall–Kier alpha value is -1.87. The van der Waals surface area contributed by atoms with Crippen LogP contribution in [0.5, 0.6) is 0 Å². The molecule has 1 aliphatic carbocycles. The summed E-state index contributed by atoms with van der Waals surface area (Å²) >= 11 is 0. The lowest BCUT2D eigenvalue weighted by atomic mass is 9.71. The molecule has 3 heteroatoms. The third-order valence-electron chi connectivity index (χ3n) is 4.92. The maximum absolute atomic E-state index is 12.3. The van der Waals surface area contributed by atoms with E-state index in [0.717, 1.165) is 12.0 Å². The molecule has 0 amide bonds. The lowest BCUT2D eigenvalue weighted by molar-refractivity contribution is -0.123. The molecule has 3 atom stereocenters. The van der Waals surface area contributed by atoms with Gasteiger partial charge < -0.3 is 9.47 Å². The highest BCUT2D eigenvalue weighted by atomic mass is 16.7. The van der Waals surface area contributed by atoms with Crippen LogP contribution in [0.15, 0.2) is 60.4 Å². The van der Waals surface area contributed by atoms with Gasteiger partial charge in [0.25, 0.3) is 0 Å². The molecule has 1 saturated heterocycles. The third kappa shape index (κ3) is 3.78. The van der Waals surface area contributed by atoms with Gasteiger partial charge in [-0.05, 0) is 39.0 Å². The van der Waals surface area contributed by atoms with Crippen molar-refractivity contribution in [1.29, 1.82) is 0 Å². The van der Waals surface area contributed by atoms with E-state index in [-0.39, 0.29) is 24.4 Å². The van der Waals surface area contributed by atoms with Crippen molar-refractivity contribution >= 4 is 5.78 Å². The van der Waals surface area contributed by atoms with Crippen molar-refractivity contribution in [3.8, 4) is 0 Å². The van der Waals surface area contributed by atoms with Crippen LogP contribution < -0.4 is 0 Å². The maximum Gasteiger partial charge on any atom is 0.189 e. The van der Waals surface area contributed by atoms with Gasteiger partial charge in [0, 0.05) is 12.0 Å². The van der Waals surface area contributed by atoms with E-state index < -0.39 is 5.60 Å². The zero-order valence-electron chi connectivity index (χ0n) is 15.0. The molecule has 0 aromatic rings. The van der Waals surface area contributed by atoms with Crippen molar-refractivity contribution in [3.63, 3.8) is 0 Å². The van der Waals surface area contributed by atoms with Gasteiger partial charge in [-0.1, -0.05) is 49.0 Å². The summed E-state index contributed by atoms with van der Waals surface area (Å²) in [6, 6.07) is 0. The van der Waals surface area contributed by atoms with Crippen molar-refractivity contribution in [2.75, 3.05) is 6.79 Å². The first-order valence-electron chi connectivity index (χ1n) is 8.55. The van der Waals surface area contributed by atoms with Crippen molar-refractivity contribution in [2.24, 2.45) is 11.8 Å². The third-order valence-corrected chi connectivity index (χ3v) is 4.92. The first-order valence-corrected chi connectivity index (χ1v) is 8.55. The van der Waals surface area contributed by atoms with Crippen LogP contribution in [0.3, 0.4) is 0 Å². The molecule has 24 heavy (non-hydrogen) atoms. The Morgan fingerprint density at radius 1 is 1.50 bits per heavy atom. The van der Waals surface area contributed by atoms with E-state index in [9.17, 15) is 4.79 Å². The molecule has 2 rings (SSSR count). The highest BCUT2D eigenvalue weighted by molar-refractivity contribution is 5.93. The molecule has 0 N–H and O–H groups in total. The van der Waals surface area contributed by atoms with Gasteiger partial charge in [0.05, 0.1) is 0 Å². The van der Waals surface area contributed by atoms with Gasteiger partial charge in [0.2, 0.25) is 0 Å². The number of ketones is 1. The molecule has 0 spiro atoms. The Bertz CT molecular complexity index is 609. The van der Waals surface area contributed by atoms with Crippen LogP contribution in [-0.4, -0.2) is 18.2 Å². The molecule has 130 valence electrons. The van der Waals surface area contributed by atoms with Gasteiger partial charge in [-0.15, -0.1) is 6.58 Å². The topological polar surface area (TPSA) is 35.5 Å². The van der Waals surface area contributed by atoms with Crippen LogP contribution in [0.2, 0.25) is 0 Å². The molecule has 1 unspecified atom stereocenters. The van der Waals surface area contributed by atoms with Crippen molar-refractivity contribution in [1.82, 2.24) is 0 Å². The van der Waals surface area contributed by atoms with Crippen molar-refractivity contribution in [3.05, 3.63) is 60.4 Å². The largest absolute Gasteiger partial charge is 0.469 e. The summed E-state index contributed by atoms with van der Waals surface area (Å²) < 4.78 is 11.7. The SMILES string of the molecule is C=CC[C@H]1C[C@]2(C(C)CC(/C=C\C(=C)C)=C/C)OCOC2=CC1=O. The van der Waals surface area contributed by atoms with Crippen LogP contribution in [0, 0.1) is 11.8 Å². The minimum absolute atomic E-state index is 0.0737. The van der Waals surface area contributed by atoms with Crippen LogP contribution in [0.25, 0.3) is 0 Å². The maximum atomic E-state index is 12.3. The molecule has 0 saturated carbocycles. The summed E-state index contributed by atoms with van der Waals surface area (Å²) in [6.45, 7) is 14.1.